The van der Waals surface area contributed by atoms with Gasteiger partial charge in [0.25, 0.3) is 0 Å². The van der Waals surface area contributed by atoms with Crippen LogP contribution in [-0.4, -0.2) is 31.1 Å². The minimum atomic E-state index is 0. The van der Waals surface area contributed by atoms with Gasteiger partial charge in [-0.2, -0.15) is 0 Å². The molecule has 2 nitrogen and oxygen atoms in total. The SMILES string of the molecule is Cl.Clc1cccc(CN2CCCNCC2)c1. The molecule has 0 aromatic heterocycles. The highest BCUT2D eigenvalue weighted by Gasteiger charge is 2.08. The minimum absolute atomic E-state index is 0. The summed E-state index contributed by atoms with van der Waals surface area (Å²) in [6.45, 7) is 5.57. The van der Waals surface area contributed by atoms with E-state index in [1.807, 2.05) is 12.1 Å². The third-order valence-corrected chi connectivity index (χ3v) is 2.96. The normalized spacial score (nSPS) is 17.6. The highest BCUT2D eigenvalue weighted by Crippen LogP contribution is 2.13. The zero-order chi connectivity index (χ0) is 10.5. The fourth-order valence-corrected chi connectivity index (χ4v) is 2.17. The molecule has 0 spiro atoms. The summed E-state index contributed by atoms with van der Waals surface area (Å²) in [6.07, 6.45) is 1.24. The lowest BCUT2D eigenvalue weighted by Crippen LogP contribution is -2.27. The van der Waals surface area contributed by atoms with E-state index in [1.54, 1.807) is 0 Å². The number of hydrogen-bond acceptors (Lipinski definition) is 2. The molecule has 1 N–H and O–H groups in total. The molecule has 1 saturated heterocycles. The molecular formula is C12H18Cl2N2. The van der Waals surface area contributed by atoms with Gasteiger partial charge in [-0.05, 0) is 37.2 Å². The van der Waals surface area contributed by atoms with Gasteiger partial charge in [0.1, 0.15) is 0 Å². The average Bonchev–Trinajstić information content (AvgIpc) is 2.46. The van der Waals surface area contributed by atoms with Crippen LogP contribution in [0.15, 0.2) is 24.3 Å². The maximum absolute atomic E-state index is 5.96. The topological polar surface area (TPSA) is 15.3 Å². The maximum Gasteiger partial charge on any atom is 0.0409 e. The van der Waals surface area contributed by atoms with Crippen LogP contribution in [-0.2, 0) is 6.54 Å². The lowest BCUT2D eigenvalue weighted by Gasteiger charge is -2.19. The fourth-order valence-electron chi connectivity index (χ4n) is 1.95. The highest BCUT2D eigenvalue weighted by molar-refractivity contribution is 6.30. The van der Waals surface area contributed by atoms with Crippen molar-refractivity contribution in [2.45, 2.75) is 13.0 Å². The van der Waals surface area contributed by atoms with Gasteiger partial charge in [0.2, 0.25) is 0 Å². The lowest BCUT2D eigenvalue weighted by atomic mass is 10.2. The molecule has 1 aromatic rings. The van der Waals surface area contributed by atoms with Crippen LogP contribution < -0.4 is 5.32 Å². The molecular weight excluding hydrogens is 243 g/mol. The van der Waals surface area contributed by atoms with Crippen molar-refractivity contribution in [3.8, 4) is 0 Å². The largest absolute Gasteiger partial charge is 0.315 e. The predicted octanol–water partition coefficient (Wildman–Crippen LogP) is 2.56. The van der Waals surface area contributed by atoms with E-state index >= 15 is 0 Å². The fraction of sp³-hybridized carbons (Fsp3) is 0.500. The van der Waals surface area contributed by atoms with E-state index in [4.69, 9.17) is 11.6 Å². The van der Waals surface area contributed by atoms with E-state index < -0.39 is 0 Å². The van der Waals surface area contributed by atoms with E-state index in [-0.39, 0.29) is 12.4 Å². The molecule has 0 amide bonds. The van der Waals surface area contributed by atoms with Gasteiger partial charge in [-0.1, -0.05) is 23.7 Å². The predicted molar refractivity (Wildman–Crippen MR) is 71.5 cm³/mol. The summed E-state index contributed by atoms with van der Waals surface area (Å²) in [7, 11) is 0. The molecule has 1 fully saturated rings. The molecule has 0 atom stereocenters. The molecule has 0 unspecified atom stereocenters. The van der Waals surface area contributed by atoms with Crippen LogP contribution in [0.5, 0.6) is 0 Å². The molecule has 1 aliphatic heterocycles. The number of benzene rings is 1. The average molecular weight is 261 g/mol. The van der Waals surface area contributed by atoms with Crippen LogP contribution in [0.2, 0.25) is 5.02 Å². The molecule has 16 heavy (non-hydrogen) atoms. The quantitative estimate of drug-likeness (QED) is 0.880. The molecule has 90 valence electrons. The third-order valence-electron chi connectivity index (χ3n) is 2.73. The van der Waals surface area contributed by atoms with Gasteiger partial charge >= 0.3 is 0 Å². The Hall–Kier alpha value is -0.280. The number of halogens is 2. The van der Waals surface area contributed by atoms with Gasteiger partial charge in [-0.15, -0.1) is 12.4 Å². The second-order valence-electron chi connectivity index (χ2n) is 4.01. The molecule has 0 bridgehead atoms. The number of hydrogen-bond donors (Lipinski definition) is 1. The van der Waals surface area contributed by atoms with Crippen molar-refractivity contribution in [1.29, 1.82) is 0 Å². The summed E-state index contributed by atoms with van der Waals surface area (Å²) in [5.74, 6) is 0. The van der Waals surface area contributed by atoms with Crippen molar-refractivity contribution < 1.29 is 0 Å². The van der Waals surface area contributed by atoms with Crippen molar-refractivity contribution in [3.05, 3.63) is 34.9 Å². The van der Waals surface area contributed by atoms with Gasteiger partial charge in [-0.25, -0.2) is 0 Å². The van der Waals surface area contributed by atoms with E-state index in [0.717, 1.165) is 31.2 Å². The molecule has 1 aromatic carbocycles. The molecule has 1 heterocycles. The minimum Gasteiger partial charge on any atom is -0.315 e. The first-order valence-electron chi connectivity index (χ1n) is 5.52. The van der Waals surface area contributed by atoms with Crippen LogP contribution in [0.3, 0.4) is 0 Å². The summed E-state index contributed by atoms with van der Waals surface area (Å²) < 4.78 is 0. The third kappa shape index (κ3) is 4.30. The molecule has 1 aliphatic rings. The summed E-state index contributed by atoms with van der Waals surface area (Å²) in [6, 6.07) is 8.15. The standard InChI is InChI=1S/C12H17ClN2.ClH/c13-12-4-1-3-11(9-12)10-15-7-2-5-14-6-8-15;/h1,3-4,9,14H,2,5-8,10H2;1H. The first-order chi connectivity index (χ1) is 7.34. The first-order valence-corrected chi connectivity index (χ1v) is 5.90. The van der Waals surface area contributed by atoms with Gasteiger partial charge in [0.05, 0.1) is 0 Å². The lowest BCUT2D eigenvalue weighted by molar-refractivity contribution is 0.284. The molecule has 2 rings (SSSR count). The van der Waals surface area contributed by atoms with Crippen molar-refractivity contribution >= 4 is 24.0 Å². The second-order valence-corrected chi connectivity index (χ2v) is 4.45. The Morgan fingerprint density at radius 1 is 1.25 bits per heavy atom. The van der Waals surface area contributed by atoms with Gasteiger partial charge in [0, 0.05) is 24.7 Å². The van der Waals surface area contributed by atoms with Gasteiger partial charge in [-0.3, -0.25) is 4.90 Å². The molecule has 4 heteroatoms. The molecule has 0 radical (unpaired) electrons. The van der Waals surface area contributed by atoms with Crippen LogP contribution in [0.25, 0.3) is 0 Å². The van der Waals surface area contributed by atoms with Crippen LogP contribution in [0.1, 0.15) is 12.0 Å². The Balaban J connectivity index is 0.00000128. The number of nitrogens with zero attached hydrogens (tertiary/aromatic N) is 1. The van der Waals surface area contributed by atoms with Crippen LogP contribution in [0, 0.1) is 0 Å². The summed E-state index contributed by atoms with van der Waals surface area (Å²) in [4.78, 5) is 2.48. The van der Waals surface area contributed by atoms with Crippen LogP contribution >= 0.6 is 24.0 Å². The number of rotatable bonds is 2. The zero-order valence-corrected chi connectivity index (χ0v) is 10.9. The van der Waals surface area contributed by atoms with E-state index in [9.17, 15) is 0 Å². The zero-order valence-electron chi connectivity index (χ0n) is 9.29. The molecule has 0 saturated carbocycles. The smallest absolute Gasteiger partial charge is 0.0409 e. The van der Waals surface area contributed by atoms with E-state index in [0.29, 0.717) is 0 Å². The summed E-state index contributed by atoms with van der Waals surface area (Å²) in [5, 5.41) is 4.24. The monoisotopic (exact) mass is 260 g/mol. The Kier molecular flexibility index (Phi) is 6.14. The Bertz CT molecular complexity index is 310. The van der Waals surface area contributed by atoms with Crippen molar-refractivity contribution in [1.82, 2.24) is 10.2 Å². The second kappa shape index (κ2) is 7.13. The van der Waals surface area contributed by atoms with Gasteiger partial charge in [0.15, 0.2) is 0 Å². The van der Waals surface area contributed by atoms with Crippen molar-refractivity contribution in [2.75, 3.05) is 26.2 Å². The molecule has 0 aliphatic carbocycles. The Morgan fingerprint density at radius 2 is 2.12 bits per heavy atom. The van der Waals surface area contributed by atoms with E-state index in [2.05, 4.69) is 22.3 Å². The van der Waals surface area contributed by atoms with Gasteiger partial charge < -0.3 is 5.32 Å². The van der Waals surface area contributed by atoms with E-state index in [1.165, 1.54) is 18.5 Å². The summed E-state index contributed by atoms with van der Waals surface area (Å²) in [5.41, 5.74) is 1.31. The Morgan fingerprint density at radius 3 is 2.94 bits per heavy atom. The Labute approximate surface area is 108 Å². The van der Waals surface area contributed by atoms with Crippen LogP contribution in [0.4, 0.5) is 0 Å². The summed E-state index contributed by atoms with van der Waals surface area (Å²) >= 11 is 5.96. The first kappa shape index (κ1) is 13.8. The van der Waals surface area contributed by atoms with Crippen molar-refractivity contribution in [2.24, 2.45) is 0 Å². The number of nitrogens with one attached hydrogen (secondary N) is 1. The maximum atomic E-state index is 5.96. The highest BCUT2D eigenvalue weighted by atomic mass is 35.5. The van der Waals surface area contributed by atoms with Crippen molar-refractivity contribution in [3.63, 3.8) is 0 Å².